The highest BCUT2D eigenvalue weighted by molar-refractivity contribution is 7.91. The first kappa shape index (κ1) is 8.01. The lowest BCUT2D eigenvalue weighted by atomic mass is 10.2. The Morgan fingerprint density at radius 2 is 1.90 bits per heavy atom. The first-order valence-corrected chi connectivity index (χ1v) is 5.23. The highest BCUT2D eigenvalue weighted by Crippen LogP contribution is 2.40. The third-order valence-corrected chi connectivity index (χ3v) is 3.88. The molecule has 0 aromatic rings. The predicted octanol–water partition coefficient (Wildman–Crippen LogP) is -0.0556. The standard InChI is InChI=1S/C6H12O3S/c1-5(10(2,8)9)6(7)3-4-6/h5,7H,3-4H2,1-2H3. The maximum atomic E-state index is 10.9. The van der Waals surface area contributed by atoms with Gasteiger partial charge in [0.15, 0.2) is 9.84 Å². The van der Waals surface area contributed by atoms with Gasteiger partial charge in [-0.05, 0) is 19.8 Å². The second-order valence-electron chi connectivity index (χ2n) is 3.08. The zero-order valence-corrected chi connectivity index (χ0v) is 6.98. The van der Waals surface area contributed by atoms with Crippen LogP contribution < -0.4 is 0 Å². The summed E-state index contributed by atoms with van der Waals surface area (Å²) in [7, 11) is -3.05. The summed E-state index contributed by atoms with van der Waals surface area (Å²) >= 11 is 0. The van der Waals surface area contributed by atoms with Crippen molar-refractivity contribution in [1.82, 2.24) is 0 Å². The Hall–Kier alpha value is -0.0900. The van der Waals surface area contributed by atoms with Gasteiger partial charge in [0, 0.05) is 6.26 Å². The van der Waals surface area contributed by atoms with Gasteiger partial charge in [0.1, 0.15) is 0 Å². The van der Waals surface area contributed by atoms with E-state index in [1.54, 1.807) is 6.92 Å². The van der Waals surface area contributed by atoms with Crippen LogP contribution in [0.15, 0.2) is 0 Å². The molecule has 1 rings (SSSR count). The maximum Gasteiger partial charge on any atom is 0.152 e. The minimum absolute atomic E-state index is 0.597. The summed E-state index contributed by atoms with van der Waals surface area (Å²) in [4.78, 5) is 0. The molecule has 1 saturated carbocycles. The lowest BCUT2D eigenvalue weighted by Gasteiger charge is -2.14. The smallest absolute Gasteiger partial charge is 0.152 e. The highest BCUT2D eigenvalue weighted by atomic mass is 32.2. The zero-order chi connectivity index (χ0) is 7.99. The Morgan fingerprint density at radius 3 is 2.00 bits per heavy atom. The van der Waals surface area contributed by atoms with Crippen molar-refractivity contribution in [2.24, 2.45) is 0 Å². The molecule has 4 heteroatoms. The van der Waals surface area contributed by atoms with Crippen LogP contribution in [0, 0.1) is 0 Å². The van der Waals surface area contributed by atoms with Crippen LogP contribution >= 0.6 is 0 Å². The van der Waals surface area contributed by atoms with Crippen LogP contribution in [0.25, 0.3) is 0 Å². The molecule has 0 bridgehead atoms. The molecule has 1 N–H and O–H groups in total. The Bertz CT molecular complexity index is 225. The molecule has 0 aliphatic heterocycles. The molecule has 3 nitrogen and oxygen atoms in total. The molecule has 0 radical (unpaired) electrons. The second-order valence-corrected chi connectivity index (χ2v) is 5.44. The molecule has 0 aromatic heterocycles. The molecule has 0 spiro atoms. The predicted molar refractivity (Wildman–Crippen MR) is 38.5 cm³/mol. The van der Waals surface area contributed by atoms with E-state index in [1.807, 2.05) is 0 Å². The third kappa shape index (κ3) is 1.32. The van der Waals surface area contributed by atoms with Crippen LogP contribution in [0.2, 0.25) is 0 Å². The quantitative estimate of drug-likeness (QED) is 0.622. The minimum atomic E-state index is -3.05. The van der Waals surface area contributed by atoms with Crippen molar-refractivity contribution in [2.45, 2.75) is 30.6 Å². The normalized spacial score (nSPS) is 25.9. The van der Waals surface area contributed by atoms with Crippen LogP contribution in [-0.4, -0.2) is 30.6 Å². The van der Waals surface area contributed by atoms with Gasteiger partial charge in [0.05, 0.1) is 10.9 Å². The number of sulfone groups is 1. The molecule has 0 saturated heterocycles. The van der Waals surface area contributed by atoms with E-state index in [9.17, 15) is 13.5 Å². The molecule has 1 atom stereocenters. The highest BCUT2D eigenvalue weighted by Gasteiger charge is 2.49. The van der Waals surface area contributed by atoms with E-state index in [0.29, 0.717) is 12.8 Å². The van der Waals surface area contributed by atoms with E-state index in [1.165, 1.54) is 0 Å². The summed E-state index contributed by atoms with van der Waals surface area (Å²) in [5.41, 5.74) is -0.895. The van der Waals surface area contributed by atoms with E-state index < -0.39 is 20.7 Å². The average Bonchev–Trinajstić information content (AvgIpc) is 2.45. The van der Waals surface area contributed by atoms with Crippen molar-refractivity contribution < 1.29 is 13.5 Å². The topological polar surface area (TPSA) is 54.4 Å². The monoisotopic (exact) mass is 164 g/mol. The average molecular weight is 164 g/mol. The SMILES string of the molecule is CC(C1(O)CC1)S(C)(=O)=O. The number of hydrogen-bond donors (Lipinski definition) is 1. The van der Waals surface area contributed by atoms with Gasteiger partial charge in [0.25, 0.3) is 0 Å². The van der Waals surface area contributed by atoms with E-state index in [4.69, 9.17) is 0 Å². The first-order valence-electron chi connectivity index (χ1n) is 3.27. The number of aliphatic hydroxyl groups is 1. The van der Waals surface area contributed by atoms with Crippen molar-refractivity contribution in [1.29, 1.82) is 0 Å². The van der Waals surface area contributed by atoms with Crippen LogP contribution in [0.1, 0.15) is 19.8 Å². The fourth-order valence-electron chi connectivity index (χ4n) is 0.933. The lowest BCUT2D eigenvalue weighted by Crippen LogP contribution is -2.32. The van der Waals surface area contributed by atoms with Gasteiger partial charge in [-0.1, -0.05) is 0 Å². The largest absolute Gasteiger partial charge is 0.389 e. The van der Waals surface area contributed by atoms with Gasteiger partial charge >= 0.3 is 0 Å². The van der Waals surface area contributed by atoms with Crippen molar-refractivity contribution >= 4 is 9.84 Å². The fourth-order valence-corrected chi connectivity index (χ4v) is 1.97. The Balaban J connectivity index is 2.76. The zero-order valence-electron chi connectivity index (χ0n) is 6.16. The summed E-state index contributed by atoms with van der Waals surface area (Å²) in [5.74, 6) is 0. The number of hydrogen-bond acceptors (Lipinski definition) is 3. The lowest BCUT2D eigenvalue weighted by molar-refractivity contribution is 0.149. The van der Waals surface area contributed by atoms with Crippen molar-refractivity contribution in [2.75, 3.05) is 6.26 Å². The van der Waals surface area contributed by atoms with Gasteiger partial charge in [-0.2, -0.15) is 0 Å². The van der Waals surface area contributed by atoms with E-state index in [2.05, 4.69) is 0 Å². The molecule has 0 aromatic carbocycles. The van der Waals surface area contributed by atoms with Crippen molar-refractivity contribution in [3.63, 3.8) is 0 Å². The second kappa shape index (κ2) is 1.95. The van der Waals surface area contributed by atoms with E-state index >= 15 is 0 Å². The van der Waals surface area contributed by atoms with Gasteiger partial charge in [-0.15, -0.1) is 0 Å². The molecule has 1 aliphatic rings. The molecule has 0 amide bonds. The van der Waals surface area contributed by atoms with E-state index in [-0.39, 0.29) is 0 Å². The third-order valence-electron chi connectivity index (χ3n) is 2.16. The Labute approximate surface area is 61.0 Å². The Kier molecular flexibility index (Phi) is 1.56. The maximum absolute atomic E-state index is 10.9. The van der Waals surface area contributed by atoms with E-state index in [0.717, 1.165) is 6.26 Å². The molecular weight excluding hydrogens is 152 g/mol. The molecule has 10 heavy (non-hydrogen) atoms. The summed E-state index contributed by atoms with van der Waals surface area (Å²) < 4.78 is 21.7. The van der Waals surface area contributed by atoms with Crippen LogP contribution in [0.4, 0.5) is 0 Å². The summed E-state index contributed by atoms with van der Waals surface area (Å²) in [6.07, 6.45) is 2.41. The fraction of sp³-hybridized carbons (Fsp3) is 1.00. The van der Waals surface area contributed by atoms with Crippen molar-refractivity contribution in [3.05, 3.63) is 0 Å². The molecule has 1 fully saturated rings. The van der Waals surface area contributed by atoms with Crippen LogP contribution in [-0.2, 0) is 9.84 Å². The number of rotatable bonds is 2. The minimum Gasteiger partial charge on any atom is -0.389 e. The summed E-state index contributed by atoms with van der Waals surface area (Å²) in [6, 6.07) is 0. The van der Waals surface area contributed by atoms with Gasteiger partial charge in [0.2, 0.25) is 0 Å². The molecule has 60 valence electrons. The van der Waals surface area contributed by atoms with Gasteiger partial charge < -0.3 is 5.11 Å². The van der Waals surface area contributed by atoms with Crippen LogP contribution in [0.5, 0.6) is 0 Å². The van der Waals surface area contributed by atoms with Crippen molar-refractivity contribution in [3.8, 4) is 0 Å². The summed E-state index contributed by atoms with van der Waals surface area (Å²) in [5, 5.41) is 8.76. The van der Waals surface area contributed by atoms with Crippen LogP contribution in [0.3, 0.4) is 0 Å². The Morgan fingerprint density at radius 1 is 1.50 bits per heavy atom. The molecule has 0 heterocycles. The van der Waals surface area contributed by atoms with Gasteiger partial charge in [-0.25, -0.2) is 8.42 Å². The first-order chi connectivity index (χ1) is 4.36. The molecule has 1 aliphatic carbocycles. The summed E-state index contributed by atoms with van der Waals surface area (Å²) in [6.45, 7) is 1.56. The molecule has 1 unspecified atom stereocenters. The molecular formula is C6H12O3S. The van der Waals surface area contributed by atoms with Gasteiger partial charge in [-0.3, -0.25) is 0 Å².